The van der Waals surface area contributed by atoms with Gasteiger partial charge in [0.2, 0.25) is 0 Å². The Labute approximate surface area is 110 Å². The quantitative estimate of drug-likeness (QED) is 0.851. The van der Waals surface area contributed by atoms with Crippen LogP contribution in [0.2, 0.25) is 0 Å². The average Bonchev–Trinajstić information content (AvgIpc) is 2.91. The Kier molecular flexibility index (Phi) is 3.05. The van der Waals surface area contributed by atoms with Gasteiger partial charge in [-0.2, -0.15) is 0 Å². The normalized spacial score (nSPS) is 18.6. The number of ether oxygens (including phenoxy) is 1. The highest BCUT2D eigenvalue weighted by Crippen LogP contribution is 2.20. The van der Waals surface area contributed by atoms with E-state index in [9.17, 15) is 4.79 Å². The van der Waals surface area contributed by atoms with E-state index in [1.54, 1.807) is 6.07 Å². The molecular weight excluding hydrogens is 242 g/mol. The summed E-state index contributed by atoms with van der Waals surface area (Å²) < 4.78 is 5.23. The van der Waals surface area contributed by atoms with Crippen molar-refractivity contribution in [3.63, 3.8) is 0 Å². The lowest BCUT2D eigenvalue weighted by Gasteiger charge is -2.11. The lowest BCUT2D eigenvalue weighted by molar-refractivity contribution is 0.0925. The van der Waals surface area contributed by atoms with Gasteiger partial charge in [0.05, 0.1) is 12.6 Å². The Balaban J connectivity index is 1.89. The van der Waals surface area contributed by atoms with Gasteiger partial charge >= 0.3 is 0 Å². The van der Waals surface area contributed by atoms with Gasteiger partial charge in [0.25, 0.3) is 5.91 Å². The van der Waals surface area contributed by atoms with Crippen molar-refractivity contribution in [2.75, 3.05) is 18.9 Å². The third kappa shape index (κ3) is 2.37. The maximum Gasteiger partial charge on any atom is 0.270 e. The SMILES string of the molecule is Nc1nc(C(=O)NC2CCOC2)cc2ccccc12. The van der Waals surface area contributed by atoms with Gasteiger partial charge in [-0.3, -0.25) is 4.79 Å². The van der Waals surface area contributed by atoms with Crippen LogP contribution in [0.1, 0.15) is 16.9 Å². The Morgan fingerprint density at radius 2 is 2.26 bits per heavy atom. The zero-order valence-corrected chi connectivity index (χ0v) is 10.4. The van der Waals surface area contributed by atoms with Crippen molar-refractivity contribution in [3.05, 3.63) is 36.0 Å². The minimum atomic E-state index is -0.201. The van der Waals surface area contributed by atoms with E-state index in [0.29, 0.717) is 24.7 Å². The number of nitrogens with one attached hydrogen (secondary N) is 1. The molecule has 0 spiro atoms. The monoisotopic (exact) mass is 257 g/mol. The molecule has 1 aliphatic rings. The zero-order valence-electron chi connectivity index (χ0n) is 10.4. The highest BCUT2D eigenvalue weighted by molar-refractivity contribution is 5.99. The molecule has 3 N–H and O–H groups in total. The van der Waals surface area contributed by atoms with Crippen LogP contribution < -0.4 is 11.1 Å². The largest absolute Gasteiger partial charge is 0.383 e. The molecule has 3 rings (SSSR count). The first-order valence-corrected chi connectivity index (χ1v) is 6.28. The molecule has 98 valence electrons. The number of nitrogens with two attached hydrogens (primary N) is 1. The number of anilines is 1. The number of nitrogen functional groups attached to an aromatic ring is 1. The van der Waals surface area contributed by atoms with Crippen molar-refractivity contribution < 1.29 is 9.53 Å². The number of nitrogens with zero attached hydrogens (tertiary/aromatic N) is 1. The Morgan fingerprint density at radius 3 is 3.05 bits per heavy atom. The van der Waals surface area contributed by atoms with Crippen molar-refractivity contribution in [2.24, 2.45) is 0 Å². The fourth-order valence-electron chi connectivity index (χ4n) is 2.25. The molecule has 1 amide bonds. The van der Waals surface area contributed by atoms with Crippen LogP contribution in [0.4, 0.5) is 5.82 Å². The predicted octanol–water partition coefficient (Wildman–Crippen LogP) is 1.34. The van der Waals surface area contributed by atoms with Crippen LogP contribution in [0.5, 0.6) is 0 Å². The van der Waals surface area contributed by atoms with Crippen molar-refractivity contribution in [3.8, 4) is 0 Å². The second-order valence-electron chi connectivity index (χ2n) is 4.65. The van der Waals surface area contributed by atoms with E-state index >= 15 is 0 Å². The molecule has 1 aliphatic heterocycles. The third-order valence-corrected chi connectivity index (χ3v) is 3.27. The molecule has 5 nitrogen and oxygen atoms in total. The van der Waals surface area contributed by atoms with Gasteiger partial charge in [0.1, 0.15) is 11.5 Å². The number of fused-ring (bicyclic) bond motifs is 1. The van der Waals surface area contributed by atoms with Crippen molar-refractivity contribution in [2.45, 2.75) is 12.5 Å². The highest BCUT2D eigenvalue weighted by Gasteiger charge is 2.19. The summed E-state index contributed by atoms with van der Waals surface area (Å²) in [5, 5.41) is 4.69. The summed E-state index contributed by atoms with van der Waals surface area (Å²) in [6.07, 6.45) is 0.842. The summed E-state index contributed by atoms with van der Waals surface area (Å²) in [5.74, 6) is 0.180. The van der Waals surface area contributed by atoms with Gasteiger partial charge in [-0.05, 0) is 17.9 Å². The van der Waals surface area contributed by atoms with Crippen LogP contribution in [-0.4, -0.2) is 30.1 Å². The minimum absolute atomic E-state index is 0.0713. The van der Waals surface area contributed by atoms with E-state index in [-0.39, 0.29) is 11.9 Å². The number of rotatable bonds is 2. The molecule has 1 fully saturated rings. The predicted molar refractivity (Wildman–Crippen MR) is 72.8 cm³/mol. The summed E-state index contributed by atoms with van der Waals surface area (Å²) in [5.41, 5.74) is 6.24. The molecule has 0 radical (unpaired) electrons. The van der Waals surface area contributed by atoms with Crippen LogP contribution in [-0.2, 0) is 4.74 Å². The molecule has 1 saturated heterocycles. The Morgan fingerprint density at radius 1 is 1.42 bits per heavy atom. The number of amides is 1. The first-order valence-electron chi connectivity index (χ1n) is 6.28. The maximum atomic E-state index is 12.1. The summed E-state index contributed by atoms with van der Waals surface area (Å²) in [6, 6.07) is 9.45. The molecule has 0 aliphatic carbocycles. The maximum absolute atomic E-state index is 12.1. The second-order valence-corrected chi connectivity index (χ2v) is 4.65. The number of hydrogen-bond donors (Lipinski definition) is 2. The van der Waals surface area contributed by atoms with E-state index in [1.807, 2.05) is 24.3 Å². The molecule has 1 unspecified atom stereocenters. The van der Waals surface area contributed by atoms with Crippen LogP contribution in [0, 0.1) is 0 Å². The molecule has 0 bridgehead atoms. The molecule has 19 heavy (non-hydrogen) atoms. The van der Waals surface area contributed by atoms with E-state index in [0.717, 1.165) is 17.2 Å². The lowest BCUT2D eigenvalue weighted by Crippen LogP contribution is -2.35. The summed E-state index contributed by atoms with van der Waals surface area (Å²) >= 11 is 0. The molecule has 1 aromatic heterocycles. The minimum Gasteiger partial charge on any atom is -0.383 e. The molecule has 2 heterocycles. The molecular formula is C14H15N3O2. The number of aromatic nitrogens is 1. The molecule has 1 atom stereocenters. The topological polar surface area (TPSA) is 77.2 Å². The number of pyridine rings is 1. The Hall–Kier alpha value is -2.14. The fraction of sp³-hybridized carbons (Fsp3) is 0.286. The Bertz CT molecular complexity index is 621. The van der Waals surface area contributed by atoms with Crippen LogP contribution in [0.15, 0.2) is 30.3 Å². The van der Waals surface area contributed by atoms with Gasteiger partial charge in [0.15, 0.2) is 0 Å². The number of carbonyl (C=O) groups is 1. The van der Waals surface area contributed by atoms with Gasteiger partial charge in [0, 0.05) is 12.0 Å². The van der Waals surface area contributed by atoms with Gasteiger partial charge in [-0.1, -0.05) is 24.3 Å². The fourth-order valence-corrected chi connectivity index (χ4v) is 2.25. The molecule has 5 heteroatoms. The number of carbonyl (C=O) groups excluding carboxylic acids is 1. The van der Waals surface area contributed by atoms with Gasteiger partial charge in [-0.15, -0.1) is 0 Å². The van der Waals surface area contributed by atoms with Crippen molar-refractivity contribution in [1.29, 1.82) is 0 Å². The highest BCUT2D eigenvalue weighted by atomic mass is 16.5. The van der Waals surface area contributed by atoms with E-state index in [2.05, 4.69) is 10.3 Å². The summed E-state index contributed by atoms with van der Waals surface area (Å²) in [4.78, 5) is 16.3. The smallest absolute Gasteiger partial charge is 0.270 e. The van der Waals surface area contributed by atoms with Crippen molar-refractivity contribution in [1.82, 2.24) is 10.3 Å². The van der Waals surface area contributed by atoms with Crippen molar-refractivity contribution >= 4 is 22.5 Å². The molecule has 2 aromatic rings. The molecule has 1 aromatic carbocycles. The molecule has 0 saturated carbocycles. The van der Waals surface area contributed by atoms with E-state index in [1.165, 1.54) is 0 Å². The second kappa shape index (κ2) is 4.85. The van der Waals surface area contributed by atoms with E-state index < -0.39 is 0 Å². The lowest BCUT2D eigenvalue weighted by atomic mass is 10.1. The zero-order chi connectivity index (χ0) is 13.2. The standard InChI is InChI=1S/C14H15N3O2/c15-13-11-4-2-1-3-9(11)7-12(17-13)14(18)16-10-5-6-19-8-10/h1-4,7,10H,5-6,8H2,(H2,15,17)(H,16,18). The number of hydrogen-bond acceptors (Lipinski definition) is 4. The van der Waals surface area contributed by atoms with E-state index in [4.69, 9.17) is 10.5 Å². The summed E-state index contributed by atoms with van der Waals surface area (Å²) in [7, 11) is 0. The third-order valence-electron chi connectivity index (χ3n) is 3.27. The van der Waals surface area contributed by atoms with Gasteiger partial charge in [-0.25, -0.2) is 4.98 Å². The number of benzene rings is 1. The first-order chi connectivity index (χ1) is 9.24. The summed E-state index contributed by atoms with van der Waals surface area (Å²) in [6.45, 7) is 1.26. The van der Waals surface area contributed by atoms with Crippen LogP contribution >= 0.6 is 0 Å². The van der Waals surface area contributed by atoms with Gasteiger partial charge < -0.3 is 15.8 Å². The average molecular weight is 257 g/mol. The first kappa shape index (κ1) is 11.9. The van der Waals surface area contributed by atoms with Crippen LogP contribution in [0.25, 0.3) is 10.8 Å². The van der Waals surface area contributed by atoms with Crippen LogP contribution in [0.3, 0.4) is 0 Å².